The zero-order valence-corrected chi connectivity index (χ0v) is 28.2. The van der Waals surface area contributed by atoms with E-state index in [0.29, 0.717) is 20.6 Å². The Morgan fingerprint density at radius 2 is 1.63 bits per heavy atom. The van der Waals surface area contributed by atoms with Gasteiger partial charge in [-0.1, -0.05) is 65.9 Å². The Hall–Kier alpha value is -5.87. The lowest BCUT2D eigenvalue weighted by Gasteiger charge is -2.25. The molecular formula is C39H32N4O5S. The third kappa shape index (κ3) is 5.59. The molecule has 1 atom stereocenters. The van der Waals surface area contributed by atoms with E-state index >= 15 is 0 Å². The van der Waals surface area contributed by atoms with Gasteiger partial charge >= 0.3 is 5.97 Å². The Morgan fingerprint density at radius 3 is 2.33 bits per heavy atom. The number of nitro groups is 1. The van der Waals surface area contributed by atoms with Crippen LogP contribution in [-0.2, 0) is 9.53 Å². The van der Waals surface area contributed by atoms with Crippen LogP contribution in [0.25, 0.3) is 33.7 Å². The predicted octanol–water partition coefficient (Wildman–Crippen LogP) is 6.93. The summed E-state index contributed by atoms with van der Waals surface area (Å²) in [5, 5.41) is 13.0. The standard InChI is InChI=1S/C39H32N4O5S/c1-5-48-38(45)35-24(3)40-39-42(36(35)33-12-8-10-28-9-6-7-11-32(28)33)37(44)34(49-39)22-29-21-23(2)41(25(29)4)30-17-13-26(14-18-30)27-15-19-31(20-16-27)43(46)47/h6-22,36H,5H2,1-4H3/b34-22+/t36-/m1/s1. The van der Waals surface area contributed by atoms with E-state index in [-0.39, 0.29) is 17.9 Å². The third-order valence-corrected chi connectivity index (χ3v) is 9.91. The van der Waals surface area contributed by atoms with Crippen molar-refractivity contribution in [2.75, 3.05) is 6.61 Å². The Labute approximate surface area is 285 Å². The molecule has 3 heterocycles. The summed E-state index contributed by atoms with van der Waals surface area (Å²) in [5.74, 6) is -0.487. The van der Waals surface area contributed by atoms with Crippen molar-refractivity contribution < 1.29 is 14.5 Å². The maximum absolute atomic E-state index is 14.3. The second-order valence-corrected chi connectivity index (χ2v) is 12.9. The van der Waals surface area contributed by atoms with E-state index < -0.39 is 16.9 Å². The van der Waals surface area contributed by atoms with Crippen molar-refractivity contribution >= 4 is 39.8 Å². The molecule has 4 aromatic carbocycles. The Balaban J connectivity index is 1.31. The summed E-state index contributed by atoms with van der Waals surface area (Å²) in [7, 11) is 0. The van der Waals surface area contributed by atoms with Gasteiger partial charge < -0.3 is 9.30 Å². The van der Waals surface area contributed by atoms with Crippen molar-refractivity contribution in [3.8, 4) is 16.8 Å². The van der Waals surface area contributed by atoms with E-state index in [9.17, 15) is 19.7 Å². The molecule has 1 aliphatic heterocycles. The van der Waals surface area contributed by atoms with Gasteiger partial charge in [-0.2, -0.15) is 0 Å². The second kappa shape index (κ2) is 12.6. The highest BCUT2D eigenvalue weighted by molar-refractivity contribution is 7.07. The Kier molecular flexibility index (Phi) is 8.17. The number of benzene rings is 4. The first-order valence-electron chi connectivity index (χ1n) is 15.9. The largest absolute Gasteiger partial charge is 0.463 e. The van der Waals surface area contributed by atoms with Gasteiger partial charge in [0.2, 0.25) is 0 Å². The van der Waals surface area contributed by atoms with Crippen molar-refractivity contribution in [3.63, 3.8) is 0 Å². The molecule has 0 unspecified atom stereocenters. The van der Waals surface area contributed by atoms with Crippen molar-refractivity contribution in [1.82, 2.24) is 9.13 Å². The van der Waals surface area contributed by atoms with Gasteiger partial charge in [0, 0.05) is 29.2 Å². The topological polar surface area (TPSA) is 109 Å². The Bertz CT molecular complexity index is 2500. The van der Waals surface area contributed by atoms with Gasteiger partial charge in [0.1, 0.15) is 0 Å². The van der Waals surface area contributed by atoms with Crippen LogP contribution in [0.15, 0.2) is 118 Å². The highest BCUT2D eigenvalue weighted by Crippen LogP contribution is 2.35. The molecule has 0 fully saturated rings. The molecule has 0 bridgehead atoms. The van der Waals surface area contributed by atoms with Gasteiger partial charge in [0.05, 0.1) is 33.4 Å². The summed E-state index contributed by atoms with van der Waals surface area (Å²) in [6, 6.07) is 29.7. The molecular weight excluding hydrogens is 637 g/mol. The number of hydrogen-bond acceptors (Lipinski definition) is 7. The summed E-state index contributed by atoms with van der Waals surface area (Å²) in [4.78, 5) is 43.7. The zero-order chi connectivity index (χ0) is 34.4. The number of fused-ring (bicyclic) bond motifs is 2. The normalized spacial score (nSPS) is 14.5. The van der Waals surface area contributed by atoms with E-state index in [1.807, 2.05) is 86.7 Å². The molecule has 2 aromatic heterocycles. The summed E-state index contributed by atoms with van der Waals surface area (Å²) >= 11 is 1.30. The van der Waals surface area contributed by atoms with E-state index in [1.54, 1.807) is 30.5 Å². The number of nitro benzene ring substituents is 1. The fourth-order valence-corrected chi connectivity index (χ4v) is 7.66. The van der Waals surface area contributed by atoms with Crippen LogP contribution in [0.5, 0.6) is 0 Å². The molecule has 0 saturated carbocycles. The predicted molar refractivity (Wildman–Crippen MR) is 192 cm³/mol. The number of nitrogens with zero attached hydrogens (tertiary/aromatic N) is 4. The first kappa shape index (κ1) is 31.7. The number of rotatable bonds is 7. The van der Waals surface area contributed by atoms with Crippen LogP contribution in [-0.4, -0.2) is 26.6 Å². The Morgan fingerprint density at radius 1 is 0.959 bits per heavy atom. The van der Waals surface area contributed by atoms with Crippen molar-refractivity contribution in [2.45, 2.75) is 33.7 Å². The average Bonchev–Trinajstić information content (AvgIpc) is 3.56. The number of aromatic nitrogens is 2. The molecule has 9 nitrogen and oxygen atoms in total. The summed E-state index contributed by atoms with van der Waals surface area (Å²) in [5.41, 5.74) is 7.17. The first-order valence-corrected chi connectivity index (χ1v) is 16.7. The quantitative estimate of drug-likeness (QED) is 0.104. The maximum Gasteiger partial charge on any atom is 0.338 e. The molecule has 0 N–H and O–H groups in total. The van der Waals surface area contributed by atoms with E-state index in [0.717, 1.165) is 50.1 Å². The molecule has 49 heavy (non-hydrogen) atoms. The number of carbonyl (C=O) groups is 1. The van der Waals surface area contributed by atoms with E-state index in [1.165, 1.54) is 23.5 Å². The number of ether oxygens (including phenoxy) is 1. The minimum Gasteiger partial charge on any atom is -0.463 e. The fourth-order valence-electron chi connectivity index (χ4n) is 6.63. The smallest absolute Gasteiger partial charge is 0.338 e. The fraction of sp³-hybridized carbons (Fsp3) is 0.154. The molecule has 0 spiro atoms. The molecule has 0 radical (unpaired) electrons. The molecule has 0 aliphatic carbocycles. The van der Waals surface area contributed by atoms with Gasteiger partial charge in [0.15, 0.2) is 4.80 Å². The second-order valence-electron chi connectivity index (χ2n) is 11.9. The van der Waals surface area contributed by atoms with Crippen LogP contribution in [0.3, 0.4) is 0 Å². The van der Waals surface area contributed by atoms with Gasteiger partial charge in [-0.25, -0.2) is 9.79 Å². The SMILES string of the molecule is CCOC(=O)C1=C(C)N=c2s/c(=C/c3cc(C)n(-c4ccc(-c5ccc([N+](=O)[O-])cc5)cc4)c3C)c(=O)n2[C@@H]1c1cccc2ccccc12. The molecule has 10 heteroatoms. The number of aryl methyl sites for hydroxylation is 1. The van der Waals surface area contributed by atoms with Crippen LogP contribution in [0, 0.1) is 24.0 Å². The monoisotopic (exact) mass is 668 g/mol. The van der Waals surface area contributed by atoms with Gasteiger partial charge in [-0.3, -0.25) is 19.5 Å². The number of carbonyl (C=O) groups excluding carboxylic acids is 1. The summed E-state index contributed by atoms with van der Waals surface area (Å²) in [6.07, 6.45) is 1.90. The minimum atomic E-state index is -0.703. The van der Waals surface area contributed by atoms with Crippen molar-refractivity contribution in [3.05, 3.63) is 161 Å². The van der Waals surface area contributed by atoms with Crippen LogP contribution < -0.4 is 14.9 Å². The number of non-ortho nitro benzene ring substituents is 1. The minimum absolute atomic E-state index is 0.0533. The highest BCUT2D eigenvalue weighted by atomic mass is 32.1. The molecule has 0 amide bonds. The molecule has 244 valence electrons. The average molecular weight is 669 g/mol. The molecule has 6 aromatic rings. The van der Waals surface area contributed by atoms with Crippen molar-refractivity contribution in [2.24, 2.45) is 4.99 Å². The molecule has 1 aliphatic rings. The number of allylic oxidation sites excluding steroid dienone is 1. The van der Waals surface area contributed by atoms with Crippen LogP contribution >= 0.6 is 11.3 Å². The number of hydrogen-bond donors (Lipinski definition) is 0. The summed E-state index contributed by atoms with van der Waals surface area (Å²) in [6.45, 7) is 7.80. The van der Waals surface area contributed by atoms with Crippen LogP contribution in [0.2, 0.25) is 0 Å². The van der Waals surface area contributed by atoms with Crippen molar-refractivity contribution in [1.29, 1.82) is 0 Å². The van der Waals surface area contributed by atoms with Gasteiger partial charge in [0.25, 0.3) is 11.2 Å². The van der Waals surface area contributed by atoms with E-state index in [4.69, 9.17) is 9.73 Å². The first-order chi connectivity index (χ1) is 23.7. The highest BCUT2D eigenvalue weighted by Gasteiger charge is 2.34. The van der Waals surface area contributed by atoms with Crippen LogP contribution in [0.4, 0.5) is 5.69 Å². The lowest BCUT2D eigenvalue weighted by molar-refractivity contribution is -0.384. The molecule has 0 saturated heterocycles. The maximum atomic E-state index is 14.3. The summed E-state index contributed by atoms with van der Waals surface area (Å²) < 4.78 is 9.76. The number of esters is 1. The van der Waals surface area contributed by atoms with Crippen LogP contribution in [0.1, 0.15) is 42.4 Å². The molecule has 7 rings (SSSR count). The van der Waals surface area contributed by atoms with Gasteiger partial charge in [-0.15, -0.1) is 0 Å². The van der Waals surface area contributed by atoms with Gasteiger partial charge in [-0.05, 0) is 97.1 Å². The van der Waals surface area contributed by atoms with E-state index in [2.05, 4.69) is 10.6 Å². The number of thiazole rings is 1. The lowest BCUT2D eigenvalue weighted by atomic mass is 9.91. The third-order valence-electron chi connectivity index (χ3n) is 8.93. The lowest BCUT2D eigenvalue weighted by Crippen LogP contribution is -2.40. The zero-order valence-electron chi connectivity index (χ0n) is 27.3.